The maximum atomic E-state index is 12.4. The number of amides is 1. The van der Waals surface area contributed by atoms with Crippen molar-refractivity contribution < 1.29 is 9.32 Å². The first-order valence-corrected chi connectivity index (χ1v) is 10.0. The maximum absolute atomic E-state index is 12.4. The van der Waals surface area contributed by atoms with Gasteiger partial charge in [-0.15, -0.1) is 11.3 Å². The lowest BCUT2D eigenvalue weighted by atomic mass is 10.2. The molecule has 0 aliphatic heterocycles. The Balaban J connectivity index is 1.23. The molecule has 5 aromatic rings. The lowest BCUT2D eigenvalue weighted by Crippen LogP contribution is -2.12. The number of fused-ring (bicyclic) bond motifs is 1. The Hall–Kier alpha value is -3.92. The first-order chi connectivity index (χ1) is 14.7. The molecule has 30 heavy (non-hydrogen) atoms. The summed E-state index contributed by atoms with van der Waals surface area (Å²) in [5.74, 6) is 0.947. The van der Waals surface area contributed by atoms with Crippen molar-refractivity contribution in [3.05, 3.63) is 60.7 Å². The average Bonchev–Trinajstić information content (AvgIpc) is 3.52. The molecule has 2 aromatic carbocycles. The zero-order chi connectivity index (χ0) is 20.3. The van der Waals surface area contributed by atoms with Gasteiger partial charge in [-0.25, -0.2) is 9.97 Å². The van der Waals surface area contributed by atoms with Gasteiger partial charge in [0.1, 0.15) is 11.3 Å². The normalized spacial score (nSPS) is 11.1. The molecule has 9 nitrogen and oxygen atoms in total. The van der Waals surface area contributed by atoms with E-state index in [0.29, 0.717) is 29.6 Å². The van der Waals surface area contributed by atoms with Gasteiger partial charge in [0.15, 0.2) is 5.82 Å². The second-order valence-electron chi connectivity index (χ2n) is 6.46. The van der Waals surface area contributed by atoms with Crippen LogP contribution in [0.1, 0.15) is 12.3 Å². The van der Waals surface area contributed by atoms with Gasteiger partial charge in [0.25, 0.3) is 0 Å². The van der Waals surface area contributed by atoms with Crippen molar-refractivity contribution in [3.63, 3.8) is 0 Å². The molecule has 0 bridgehead atoms. The third-order valence-corrected chi connectivity index (χ3v) is 5.43. The fourth-order valence-electron chi connectivity index (χ4n) is 2.94. The summed E-state index contributed by atoms with van der Waals surface area (Å²) >= 11 is 1.62. The van der Waals surface area contributed by atoms with E-state index >= 15 is 0 Å². The number of carbonyl (C=O) groups is 1. The summed E-state index contributed by atoms with van der Waals surface area (Å²) in [6, 6.07) is 15.7. The lowest BCUT2D eigenvalue weighted by molar-refractivity contribution is -0.116. The molecule has 0 saturated carbocycles. The molecule has 2 N–H and O–H groups in total. The number of thiazole rings is 1. The Morgan fingerprint density at radius 2 is 2.07 bits per heavy atom. The number of para-hydroxylation sites is 1. The Labute approximate surface area is 174 Å². The number of anilines is 1. The van der Waals surface area contributed by atoms with Crippen LogP contribution in [0.5, 0.6) is 0 Å². The second-order valence-corrected chi connectivity index (χ2v) is 7.49. The van der Waals surface area contributed by atoms with Crippen LogP contribution < -0.4 is 5.32 Å². The first kappa shape index (κ1) is 18.1. The number of aromatic amines is 1. The molecule has 0 aliphatic rings. The standard InChI is InChI=1S/C20H15N7O2S/c28-16(8-9-17-25-19(27-29-17)18-21-11-22-26-18)23-13-5-3-4-12(10-13)20-24-14-6-1-2-7-15(14)30-20/h1-7,10-11H,8-9H2,(H,23,28)(H,21,22,26). The zero-order valence-corrected chi connectivity index (χ0v) is 16.4. The number of aryl methyl sites for hydroxylation is 1. The van der Waals surface area contributed by atoms with Crippen LogP contribution in [0.2, 0.25) is 0 Å². The van der Waals surface area contributed by atoms with Crippen LogP contribution in [0.3, 0.4) is 0 Å². The topological polar surface area (TPSA) is 122 Å². The molecule has 3 heterocycles. The Kier molecular flexibility index (Phi) is 4.74. The average molecular weight is 417 g/mol. The number of nitrogens with one attached hydrogen (secondary N) is 2. The third-order valence-electron chi connectivity index (χ3n) is 4.35. The number of H-pyrrole nitrogens is 1. The van der Waals surface area contributed by atoms with Crippen LogP contribution in [0.25, 0.3) is 32.4 Å². The predicted octanol–water partition coefficient (Wildman–Crippen LogP) is 3.70. The number of carbonyl (C=O) groups excluding carboxylic acids is 1. The van der Waals surface area contributed by atoms with E-state index in [0.717, 1.165) is 20.8 Å². The highest BCUT2D eigenvalue weighted by atomic mass is 32.1. The Bertz CT molecular complexity index is 1280. The molecule has 0 aliphatic carbocycles. The number of rotatable bonds is 6. The van der Waals surface area contributed by atoms with E-state index < -0.39 is 0 Å². The summed E-state index contributed by atoms with van der Waals surface area (Å²) in [7, 11) is 0. The van der Waals surface area contributed by atoms with Crippen molar-refractivity contribution in [3.8, 4) is 22.2 Å². The lowest BCUT2D eigenvalue weighted by Gasteiger charge is -2.05. The summed E-state index contributed by atoms with van der Waals surface area (Å²) in [6.07, 6.45) is 1.90. The van der Waals surface area contributed by atoms with E-state index in [9.17, 15) is 4.79 Å². The van der Waals surface area contributed by atoms with Gasteiger partial charge < -0.3 is 9.84 Å². The van der Waals surface area contributed by atoms with Crippen LogP contribution in [0.15, 0.2) is 59.4 Å². The van der Waals surface area contributed by atoms with Crippen molar-refractivity contribution in [1.29, 1.82) is 0 Å². The Morgan fingerprint density at radius 1 is 1.13 bits per heavy atom. The number of benzene rings is 2. The zero-order valence-electron chi connectivity index (χ0n) is 15.6. The highest BCUT2D eigenvalue weighted by molar-refractivity contribution is 7.21. The van der Waals surface area contributed by atoms with Gasteiger partial charge in [0.05, 0.1) is 10.2 Å². The maximum Gasteiger partial charge on any atom is 0.239 e. The first-order valence-electron chi connectivity index (χ1n) is 9.19. The van der Waals surface area contributed by atoms with E-state index in [4.69, 9.17) is 4.52 Å². The summed E-state index contributed by atoms with van der Waals surface area (Å²) in [5, 5.41) is 14.1. The fourth-order valence-corrected chi connectivity index (χ4v) is 3.90. The minimum Gasteiger partial charge on any atom is -0.339 e. The molecule has 0 spiro atoms. The summed E-state index contributed by atoms with van der Waals surface area (Å²) in [4.78, 5) is 25.2. The third kappa shape index (κ3) is 3.80. The van der Waals surface area contributed by atoms with E-state index in [1.165, 1.54) is 6.33 Å². The molecule has 3 aromatic heterocycles. The molecule has 0 atom stereocenters. The van der Waals surface area contributed by atoms with Gasteiger partial charge in [-0.3, -0.25) is 9.89 Å². The monoisotopic (exact) mass is 417 g/mol. The second kappa shape index (κ2) is 7.84. The number of aromatic nitrogens is 6. The van der Waals surface area contributed by atoms with Crippen LogP contribution >= 0.6 is 11.3 Å². The fraction of sp³-hybridized carbons (Fsp3) is 0.100. The molecular formula is C20H15N7O2S. The van der Waals surface area contributed by atoms with Gasteiger partial charge in [-0.1, -0.05) is 29.4 Å². The molecule has 1 amide bonds. The molecule has 0 radical (unpaired) electrons. The number of nitrogens with zero attached hydrogens (tertiary/aromatic N) is 5. The summed E-state index contributed by atoms with van der Waals surface area (Å²) < 4.78 is 6.29. The van der Waals surface area contributed by atoms with E-state index in [1.807, 2.05) is 48.5 Å². The largest absolute Gasteiger partial charge is 0.339 e. The number of hydrogen-bond acceptors (Lipinski definition) is 8. The van der Waals surface area contributed by atoms with Crippen molar-refractivity contribution in [2.45, 2.75) is 12.8 Å². The van der Waals surface area contributed by atoms with Gasteiger partial charge in [0.2, 0.25) is 17.6 Å². The van der Waals surface area contributed by atoms with Crippen molar-refractivity contribution in [1.82, 2.24) is 30.3 Å². The molecule has 5 rings (SSSR count). The predicted molar refractivity (Wildman–Crippen MR) is 112 cm³/mol. The SMILES string of the molecule is O=C(CCc1nc(-c2ncn[nH]2)no1)Nc1cccc(-c2nc3ccccc3s2)c1. The minimum absolute atomic E-state index is 0.143. The Morgan fingerprint density at radius 3 is 2.93 bits per heavy atom. The van der Waals surface area contributed by atoms with Gasteiger partial charge >= 0.3 is 0 Å². The van der Waals surface area contributed by atoms with Crippen LogP contribution in [0.4, 0.5) is 5.69 Å². The highest BCUT2D eigenvalue weighted by Crippen LogP contribution is 2.31. The van der Waals surface area contributed by atoms with Crippen LogP contribution in [-0.2, 0) is 11.2 Å². The summed E-state index contributed by atoms with van der Waals surface area (Å²) in [6.45, 7) is 0. The van der Waals surface area contributed by atoms with E-state index in [-0.39, 0.29) is 12.3 Å². The van der Waals surface area contributed by atoms with Crippen molar-refractivity contribution in [2.75, 3.05) is 5.32 Å². The van der Waals surface area contributed by atoms with Crippen LogP contribution in [0, 0.1) is 0 Å². The number of hydrogen-bond donors (Lipinski definition) is 2. The summed E-state index contributed by atoms with van der Waals surface area (Å²) in [5.41, 5.74) is 2.64. The van der Waals surface area contributed by atoms with Crippen molar-refractivity contribution >= 4 is 33.1 Å². The molecular weight excluding hydrogens is 402 g/mol. The van der Waals surface area contributed by atoms with E-state index in [2.05, 4.69) is 35.6 Å². The van der Waals surface area contributed by atoms with Gasteiger partial charge in [0, 0.05) is 24.1 Å². The van der Waals surface area contributed by atoms with Gasteiger partial charge in [-0.2, -0.15) is 10.1 Å². The van der Waals surface area contributed by atoms with Crippen molar-refractivity contribution in [2.24, 2.45) is 0 Å². The van der Waals surface area contributed by atoms with Crippen LogP contribution in [-0.4, -0.2) is 36.2 Å². The molecule has 0 saturated heterocycles. The quantitative estimate of drug-likeness (QED) is 0.432. The molecule has 10 heteroatoms. The molecule has 0 fully saturated rings. The highest BCUT2D eigenvalue weighted by Gasteiger charge is 2.13. The molecule has 148 valence electrons. The minimum atomic E-state index is -0.143. The van der Waals surface area contributed by atoms with E-state index in [1.54, 1.807) is 11.3 Å². The smallest absolute Gasteiger partial charge is 0.239 e. The molecule has 0 unspecified atom stereocenters. The van der Waals surface area contributed by atoms with Gasteiger partial charge in [-0.05, 0) is 24.3 Å².